The summed E-state index contributed by atoms with van der Waals surface area (Å²) in [7, 11) is -3.31. The lowest BCUT2D eigenvalue weighted by Crippen LogP contribution is -2.58. The van der Waals surface area contributed by atoms with E-state index in [1.165, 1.54) is 9.21 Å². The van der Waals surface area contributed by atoms with Gasteiger partial charge in [0, 0.05) is 13.1 Å². The summed E-state index contributed by atoms with van der Waals surface area (Å²) in [6, 6.07) is 9.40. The van der Waals surface area contributed by atoms with Gasteiger partial charge in [0.2, 0.25) is 10.0 Å². The second-order valence-electron chi connectivity index (χ2n) is 5.37. The standard InChI is InChI=1S/C14H17N3O3S/c15-11-16-7-6-14(10-16)21(18,19)17-8-13(9-17)20-12-4-2-1-3-5-12/h1-5,13-14H,6-10H2. The van der Waals surface area contributed by atoms with Crippen LogP contribution in [0.1, 0.15) is 6.42 Å². The van der Waals surface area contributed by atoms with Gasteiger partial charge in [0.1, 0.15) is 11.9 Å². The van der Waals surface area contributed by atoms with Crippen LogP contribution < -0.4 is 4.74 Å². The molecule has 6 nitrogen and oxygen atoms in total. The van der Waals surface area contributed by atoms with Crippen LogP contribution in [-0.2, 0) is 10.0 Å². The van der Waals surface area contributed by atoms with Gasteiger partial charge < -0.3 is 9.64 Å². The largest absolute Gasteiger partial charge is 0.488 e. The number of hydrogen-bond donors (Lipinski definition) is 0. The molecular formula is C14H17N3O3S. The van der Waals surface area contributed by atoms with Gasteiger partial charge in [0.25, 0.3) is 0 Å². The van der Waals surface area contributed by atoms with Crippen molar-refractivity contribution in [1.29, 1.82) is 5.26 Å². The summed E-state index contributed by atoms with van der Waals surface area (Å²) in [5.41, 5.74) is 0. The number of nitriles is 1. The van der Waals surface area contributed by atoms with E-state index in [0.717, 1.165) is 5.75 Å². The van der Waals surface area contributed by atoms with Crippen molar-refractivity contribution >= 4 is 10.0 Å². The molecule has 3 rings (SSSR count). The van der Waals surface area contributed by atoms with E-state index in [-0.39, 0.29) is 6.10 Å². The molecule has 21 heavy (non-hydrogen) atoms. The number of para-hydroxylation sites is 1. The number of rotatable bonds is 4. The molecule has 0 saturated carbocycles. The summed E-state index contributed by atoms with van der Waals surface area (Å²) in [4.78, 5) is 1.50. The predicted molar refractivity (Wildman–Crippen MR) is 76.9 cm³/mol. The smallest absolute Gasteiger partial charge is 0.219 e. The van der Waals surface area contributed by atoms with E-state index in [2.05, 4.69) is 0 Å². The zero-order valence-electron chi connectivity index (χ0n) is 11.6. The van der Waals surface area contributed by atoms with Crippen LogP contribution in [0.25, 0.3) is 0 Å². The summed E-state index contributed by atoms with van der Waals surface area (Å²) in [6.07, 6.45) is 2.45. The highest BCUT2D eigenvalue weighted by atomic mass is 32.2. The lowest BCUT2D eigenvalue weighted by Gasteiger charge is -2.39. The molecule has 2 heterocycles. The van der Waals surface area contributed by atoms with Gasteiger partial charge in [-0.1, -0.05) is 18.2 Å². The fourth-order valence-electron chi connectivity index (χ4n) is 2.65. The highest BCUT2D eigenvalue weighted by Crippen LogP contribution is 2.26. The summed E-state index contributed by atoms with van der Waals surface area (Å²) in [5, 5.41) is 8.35. The molecule has 1 atom stereocenters. The third-order valence-corrected chi connectivity index (χ3v) is 6.17. The Morgan fingerprint density at radius 3 is 2.52 bits per heavy atom. The number of sulfonamides is 1. The average molecular weight is 307 g/mol. The molecule has 1 aromatic carbocycles. The minimum Gasteiger partial charge on any atom is -0.488 e. The fourth-order valence-corrected chi connectivity index (χ4v) is 4.59. The number of ether oxygens (including phenoxy) is 1. The third-order valence-electron chi connectivity index (χ3n) is 3.93. The van der Waals surface area contributed by atoms with Crippen molar-refractivity contribution < 1.29 is 13.2 Å². The van der Waals surface area contributed by atoms with Crippen LogP contribution in [0.2, 0.25) is 0 Å². The molecule has 112 valence electrons. The first-order valence-corrected chi connectivity index (χ1v) is 8.45. The molecule has 2 fully saturated rings. The van der Waals surface area contributed by atoms with E-state index in [1.807, 2.05) is 36.5 Å². The molecule has 0 aromatic heterocycles. The van der Waals surface area contributed by atoms with E-state index in [1.54, 1.807) is 0 Å². The van der Waals surface area contributed by atoms with Gasteiger partial charge in [-0.25, -0.2) is 8.42 Å². The molecule has 7 heteroatoms. The van der Waals surface area contributed by atoms with Crippen molar-refractivity contribution in [3.63, 3.8) is 0 Å². The van der Waals surface area contributed by atoms with E-state index in [0.29, 0.717) is 32.6 Å². The summed E-state index contributed by atoms with van der Waals surface area (Å²) >= 11 is 0. The van der Waals surface area contributed by atoms with Crippen LogP contribution in [0.4, 0.5) is 0 Å². The molecule has 0 aliphatic carbocycles. The first-order valence-electron chi connectivity index (χ1n) is 6.95. The van der Waals surface area contributed by atoms with E-state index in [4.69, 9.17) is 10.00 Å². The maximum absolute atomic E-state index is 12.4. The zero-order chi connectivity index (χ0) is 14.9. The van der Waals surface area contributed by atoms with Crippen LogP contribution in [0.3, 0.4) is 0 Å². The number of likely N-dealkylation sites (tertiary alicyclic amines) is 1. The Bertz CT molecular complexity index is 635. The Hall–Kier alpha value is -1.78. The Labute approximate surface area is 124 Å². The molecule has 2 aliphatic rings. The van der Waals surface area contributed by atoms with Gasteiger partial charge in [0.05, 0.1) is 18.3 Å². The Morgan fingerprint density at radius 2 is 1.90 bits per heavy atom. The van der Waals surface area contributed by atoms with Gasteiger partial charge in [0.15, 0.2) is 6.19 Å². The molecule has 2 saturated heterocycles. The van der Waals surface area contributed by atoms with Gasteiger partial charge in [-0.3, -0.25) is 0 Å². The Kier molecular flexibility index (Phi) is 3.74. The molecule has 0 amide bonds. The maximum Gasteiger partial charge on any atom is 0.219 e. The lowest BCUT2D eigenvalue weighted by atomic mass is 10.2. The van der Waals surface area contributed by atoms with Crippen LogP contribution in [0, 0.1) is 11.5 Å². The normalized spacial score (nSPS) is 23.6. The molecule has 0 bridgehead atoms. The van der Waals surface area contributed by atoms with Crippen molar-refractivity contribution in [3.8, 4) is 11.9 Å². The molecule has 0 radical (unpaired) electrons. The average Bonchev–Trinajstić information content (AvgIpc) is 2.93. The van der Waals surface area contributed by atoms with Crippen molar-refractivity contribution in [3.05, 3.63) is 30.3 Å². The van der Waals surface area contributed by atoms with Crippen molar-refractivity contribution in [1.82, 2.24) is 9.21 Å². The van der Waals surface area contributed by atoms with Crippen molar-refractivity contribution in [2.45, 2.75) is 17.8 Å². The fraction of sp³-hybridized carbons (Fsp3) is 0.500. The number of hydrogen-bond acceptors (Lipinski definition) is 5. The number of nitrogens with zero attached hydrogens (tertiary/aromatic N) is 3. The van der Waals surface area contributed by atoms with Crippen molar-refractivity contribution in [2.24, 2.45) is 0 Å². The van der Waals surface area contributed by atoms with Crippen LogP contribution >= 0.6 is 0 Å². The topological polar surface area (TPSA) is 73.6 Å². The van der Waals surface area contributed by atoms with Crippen LogP contribution in [-0.4, -0.2) is 55.2 Å². The third kappa shape index (κ3) is 2.82. The second kappa shape index (κ2) is 5.54. The quantitative estimate of drug-likeness (QED) is 0.763. The zero-order valence-corrected chi connectivity index (χ0v) is 12.4. The monoisotopic (exact) mass is 307 g/mol. The Morgan fingerprint density at radius 1 is 1.19 bits per heavy atom. The molecule has 0 N–H and O–H groups in total. The molecule has 1 unspecified atom stereocenters. The summed E-state index contributed by atoms with van der Waals surface area (Å²) in [5.74, 6) is 0.760. The van der Waals surface area contributed by atoms with Crippen LogP contribution in [0.5, 0.6) is 5.75 Å². The summed E-state index contributed by atoms with van der Waals surface area (Å²) < 4.78 is 32.0. The SMILES string of the molecule is N#CN1CCC(S(=O)(=O)N2CC(Oc3ccccc3)C2)C1. The van der Waals surface area contributed by atoms with E-state index >= 15 is 0 Å². The predicted octanol–water partition coefficient (Wildman–Crippen LogP) is 0.635. The number of benzene rings is 1. The highest BCUT2D eigenvalue weighted by molar-refractivity contribution is 7.89. The molecule has 1 aromatic rings. The molecular weight excluding hydrogens is 290 g/mol. The minimum atomic E-state index is -3.31. The van der Waals surface area contributed by atoms with Gasteiger partial charge in [-0.05, 0) is 18.6 Å². The highest BCUT2D eigenvalue weighted by Gasteiger charge is 2.43. The maximum atomic E-state index is 12.4. The molecule has 0 spiro atoms. The first kappa shape index (κ1) is 14.2. The Balaban J connectivity index is 1.55. The lowest BCUT2D eigenvalue weighted by molar-refractivity contribution is 0.0755. The minimum absolute atomic E-state index is 0.0874. The second-order valence-corrected chi connectivity index (χ2v) is 7.58. The van der Waals surface area contributed by atoms with Gasteiger partial charge in [-0.15, -0.1) is 0 Å². The van der Waals surface area contributed by atoms with Gasteiger partial charge >= 0.3 is 0 Å². The van der Waals surface area contributed by atoms with Gasteiger partial charge in [-0.2, -0.15) is 9.57 Å². The van der Waals surface area contributed by atoms with Crippen molar-refractivity contribution in [2.75, 3.05) is 26.2 Å². The van der Waals surface area contributed by atoms with Crippen LogP contribution in [0.15, 0.2) is 30.3 Å². The first-order chi connectivity index (χ1) is 10.1. The molecule has 2 aliphatic heterocycles. The summed E-state index contributed by atoms with van der Waals surface area (Å²) in [6.45, 7) is 1.61. The van der Waals surface area contributed by atoms with E-state index < -0.39 is 15.3 Å². The van der Waals surface area contributed by atoms with E-state index in [9.17, 15) is 8.42 Å².